The summed E-state index contributed by atoms with van der Waals surface area (Å²) in [6, 6.07) is 6.35. The van der Waals surface area contributed by atoms with Crippen molar-refractivity contribution < 1.29 is 29.0 Å². The summed E-state index contributed by atoms with van der Waals surface area (Å²) in [7, 11) is 1.28. The van der Waals surface area contributed by atoms with E-state index in [1.54, 1.807) is 24.3 Å². The Kier molecular flexibility index (Phi) is 5.96. The molecule has 3 rings (SSSR count). The number of rotatable bonds is 4. The molecule has 0 aromatic heterocycles. The average molecular weight is 427 g/mol. The summed E-state index contributed by atoms with van der Waals surface area (Å²) >= 11 is 0. The van der Waals surface area contributed by atoms with Crippen molar-refractivity contribution in [3.05, 3.63) is 46.7 Å². The third-order valence-electron chi connectivity index (χ3n) is 6.23. The van der Waals surface area contributed by atoms with Gasteiger partial charge in [0.25, 0.3) is 0 Å². The Morgan fingerprint density at radius 1 is 0.935 bits per heavy atom. The Morgan fingerprint density at radius 3 is 1.94 bits per heavy atom. The van der Waals surface area contributed by atoms with Crippen LogP contribution in [0, 0.1) is 16.7 Å². The number of aliphatic hydroxyl groups is 1. The number of ketones is 3. The first-order valence-electron chi connectivity index (χ1n) is 10.5. The largest absolute Gasteiger partial charge is 0.512 e. The zero-order chi connectivity index (χ0) is 23.1. The first-order valence-corrected chi connectivity index (χ1v) is 10.5. The number of aliphatic hydroxyl groups excluding tert-OH is 1. The molecule has 1 aromatic rings. The highest BCUT2D eigenvalue weighted by Crippen LogP contribution is 2.47. The second-order valence-electron chi connectivity index (χ2n) is 10.3. The second-order valence-corrected chi connectivity index (χ2v) is 10.3. The number of benzene rings is 1. The topological polar surface area (TPSA) is 97.7 Å². The van der Waals surface area contributed by atoms with Crippen LogP contribution in [0.15, 0.2) is 35.6 Å². The smallest absolute Gasteiger partial charge is 0.337 e. The first-order chi connectivity index (χ1) is 14.3. The van der Waals surface area contributed by atoms with Crippen molar-refractivity contribution in [1.82, 2.24) is 0 Å². The fraction of sp³-hybridized carbons (Fsp3) is 0.520. The quantitative estimate of drug-likeness (QED) is 0.568. The number of Topliss-reactive ketones (excluding diaryl/α,β-unsaturated/α-hetero) is 3. The average Bonchev–Trinajstić information content (AvgIpc) is 2.63. The van der Waals surface area contributed by atoms with E-state index in [1.165, 1.54) is 7.11 Å². The molecular weight excluding hydrogens is 396 g/mol. The lowest BCUT2D eigenvalue weighted by Crippen LogP contribution is -2.43. The van der Waals surface area contributed by atoms with Gasteiger partial charge in [-0.1, -0.05) is 39.8 Å². The molecule has 1 saturated carbocycles. The zero-order valence-electron chi connectivity index (χ0n) is 18.8. The number of methoxy groups -OCH3 is 1. The summed E-state index contributed by atoms with van der Waals surface area (Å²) in [5, 5.41) is 10.9. The summed E-state index contributed by atoms with van der Waals surface area (Å²) in [5.41, 5.74) is 0.192. The van der Waals surface area contributed by atoms with Crippen molar-refractivity contribution in [3.8, 4) is 0 Å². The Hall–Kier alpha value is -2.76. The number of allylic oxidation sites excluding steroid dienone is 2. The van der Waals surface area contributed by atoms with Crippen LogP contribution in [0.25, 0.3) is 0 Å². The van der Waals surface area contributed by atoms with E-state index in [0.717, 1.165) is 0 Å². The van der Waals surface area contributed by atoms with Gasteiger partial charge in [0.1, 0.15) is 17.3 Å². The molecule has 0 aliphatic heterocycles. The maximum Gasteiger partial charge on any atom is 0.337 e. The Morgan fingerprint density at radius 2 is 1.45 bits per heavy atom. The highest BCUT2D eigenvalue weighted by Gasteiger charge is 2.48. The van der Waals surface area contributed by atoms with E-state index in [2.05, 4.69) is 0 Å². The van der Waals surface area contributed by atoms with Crippen molar-refractivity contribution in [1.29, 1.82) is 0 Å². The molecule has 0 saturated heterocycles. The van der Waals surface area contributed by atoms with Crippen LogP contribution in [0.4, 0.5) is 0 Å². The minimum atomic E-state index is -1.03. The van der Waals surface area contributed by atoms with E-state index in [-0.39, 0.29) is 47.9 Å². The number of esters is 1. The lowest BCUT2D eigenvalue weighted by Gasteiger charge is -2.39. The van der Waals surface area contributed by atoms with Gasteiger partial charge in [-0.25, -0.2) is 4.79 Å². The molecule has 0 unspecified atom stereocenters. The molecule has 0 amide bonds. The van der Waals surface area contributed by atoms with Crippen LogP contribution in [0.2, 0.25) is 0 Å². The highest BCUT2D eigenvalue weighted by atomic mass is 16.5. The van der Waals surface area contributed by atoms with E-state index in [9.17, 15) is 24.3 Å². The molecule has 6 nitrogen and oxygen atoms in total. The fourth-order valence-corrected chi connectivity index (χ4v) is 4.90. The summed E-state index contributed by atoms with van der Waals surface area (Å²) in [6.07, 6.45) is 0.983. The third kappa shape index (κ3) is 4.63. The van der Waals surface area contributed by atoms with Crippen LogP contribution in [-0.2, 0) is 19.1 Å². The third-order valence-corrected chi connectivity index (χ3v) is 6.23. The predicted octanol–water partition coefficient (Wildman–Crippen LogP) is 4.33. The van der Waals surface area contributed by atoms with Gasteiger partial charge in [0.15, 0.2) is 5.78 Å². The molecule has 2 aliphatic rings. The molecule has 0 radical (unpaired) electrons. The van der Waals surface area contributed by atoms with E-state index >= 15 is 0 Å². The van der Waals surface area contributed by atoms with Gasteiger partial charge in [-0.05, 0) is 28.5 Å². The van der Waals surface area contributed by atoms with Gasteiger partial charge in [-0.15, -0.1) is 0 Å². The maximum absolute atomic E-state index is 13.1. The highest BCUT2D eigenvalue weighted by molar-refractivity contribution is 6.09. The Labute approximate surface area is 182 Å². The van der Waals surface area contributed by atoms with Crippen molar-refractivity contribution in [2.45, 2.75) is 59.3 Å². The number of carbonyl (C=O) groups excluding carboxylic acids is 4. The SMILES string of the molecule is COC(=O)c1ccc([C@H](C2=C(O)CC(C)(C)CC2=O)C2C(=O)CC(C)(C)CC2=O)cc1. The van der Waals surface area contributed by atoms with Crippen LogP contribution < -0.4 is 0 Å². The summed E-state index contributed by atoms with van der Waals surface area (Å²) in [4.78, 5) is 51.2. The van der Waals surface area contributed by atoms with Gasteiger partial charge in [-0.3, -0.25) is 14.4 Å². The predicted molar refractivity (Wildman–Crippen MR) is 115 cm³/mol. The molecule has 0 spiro atoms. The molecular formula is C25H30O6. The summed E-state index contributed by atoms with van der Waals surface area (Å²) in [6.45, 7) is 7.56. The van der Waals surface area contributed by atoms with E-state index in [4.69, 9.17) is 4.74 Å². The van der Waals surface area contributed by atoms with Gasteiger partial charge < -0.3 is 9.84 Å². The minimum Gasteiger partial charge on any atom is -0.512 e. The molecule has 166 valence electrons. The van der Waals surface area contributed by atoms with E-state index in [1.807, 2.05) is 27.7 Å². The Bertz CT molecular complexity index is 944. The number of hydrogen-bond donors (Lipinski definition) is 1. The van der Waals surface area contributed by atoms with Crippen LogP contribution in [-0.4, -0.2) is 35.5 Å². The number of ether oxygens (including phenoxy) is 1. The molecule has 0 heterocycles. The molecule has 1 aromatic carbocycles. The molecule has 0 bridgehead atoms. The lowest BCUT2D eigenvalue weighted by molar-refractivity contribution is -0.140. The normalized spacial score (nSPS) is 22.4. The van der Waals surface area contributed by atoms with Crippen LogP contribution in [0.5, 0.6) is 0 Å². The molecule has 1 fully saturated rings. The summed E-state index contributed by atoms with van der Waals surface area (Å²) < 4.78 is 4.73. The van der Waals surface area contributed by atoms with Crippen LogP contribution in [0.3, 0.4) is 0 Å². The molecule has 31 heavy (non-hydrogen) atoms. The minimum absolute atomic E-state index is 0.0614. The number of carbonyl (C=O) groups is 4. The molecule has 1 N–H and O–H groups in total. The van der Waals surface area contributed by atoms with Gasteiger partial charge in [0, 0.05) is 37.2 Å². The van der Waals surface area contributed by atoms with Gasteiger partial charge in [0.05, 0.1) is 18.6 Å². The van der Waals surface area contributed by atoms with E-state index < -0.39 is 28.6 Å². The van der Waals surface area contributed by atoms with Gasteiger partial charge in [-0.2, -0.15) is 0 Å². The van der Waals surface area contributed by atoms with Gasteiger partial charge in [0.2, 0.25) is 0 Å². The lowest BCUT2D eigenvalue weighted by atomic mass is 9.62. The van der Waals surface area contributed by atoms with Crippen molar-refractivity contribution in [3.63, 3.8) is 0 Å². The first kappa shape index (κ1) is 22.9. The number of hydrogen-bond acceptors (Lipinski definition) is 6. The fourth-order valence-electron chi connectivity index (χ4n) is 4.90. The van der Waals surface area contributed by atoms with Crippen LogP contribution >= 0.6 is 0 Å². The zero-order valence-corrected chi connectivity index (χ0v) is 18.8. The van der Waals surface area contributed by atoms with Crippen molar-refractivity contribution in [2.75, 3.05) is 7.11 Å². The van der Waals surface area contributed by atoms with Crippen molar-refractivity contribution >= 4 is 23.3 Å². The Balaban J connectivity index is 2.13. The van der Waals surface area contributed by atoms with E-state index in [0.29, 0.717) is 17.5 Å². The molecule has 1 atom stereocenters. The standard InChI is InChI=1S/C25H30O6/c1-24(2)10-16(26)21(17(27)11-24)20(14-6-8-15(9-7-14)23(30)31-5)22-18(28)12-25(3,4)13-19(22)29/h6-9,20-21,28H,10-13H2,1-5H3/t20-/m0/s1. The molecule has 2 aliphatic carbocycles. The maximum atomic E-state index is 13.1. The summed E-state index contributed by atoms with van der Waals surface area (Å²) in [5.74, 6) is -3.16. The second kappa shape index (κ2) is 8.06. The van der Waals surface area contributed by atoms with Crippen molar-refractivity contribution in [2.24, 2.45) is 16.7 Å². The van der Waals surface area contributed by atoms with Gasteiger partial charge >= 0.3 is 5.97 Å². The van der Waals surface area contributed by atoms with Crippen LogP contribution in [0.1, 0.15) is 75.2 Å². The molecule has 6 heteroatoms. The monoisotopic (exact) mass is 426 g/mol.